The number of nitrogens with two attached hydrogens (primary N) is 1. The van der Waals surface area contributed by atoms with E-state index >= 15 is 0 Å². The lowest BCUT2D eigenvalue weighted by atomic mass is 10.0. The highest BCUT2D eigenvalue weighted by molar-refractivity contribution is 6.30. The van der Waals surface area contributed by atoms with Crippen molar-refractivity contribution in [3.05, 3.63) is 70.2 Å². The Morgan fingerprint density at radius 2 is 1.86 bits per heavy atom. The summed E-state index contributed by atoms with van der Waals surface area (Å²) in [6.07, 6.45) is -0.433. The number of carbonyl (C=O) groups is 1. The number of benzene rings is 2. The molecule has 1 unspecified atom stereocenters. The maximum atomic E-state index is 13.8. The van der Waals surface area contributed by atoms with Crippen molar-refractivity contribution in [1.82, 2.24) is 9.80 Å². The third-order valence-corrected chi connectivity index (χ3v) is 5.11. The maximum Gasteiger partial charge on any atom is 0.257 e. The minimum absolute atomic E-state index is 0.286. The van der Waals surface area contributed by atoms with Crippen molar-refractivity contribution >= 4 is 17.5 Å². The molecule has 0 radical (unpaired) electrons. The lowest BCUT2D eigenvalue weighted by Gasteiger charge is -2.39. The average Bonchev–Trinajstić information content (AvgIpc) is 2.69. The molecule has 1 fully saturated rings. The molecule has 0 saturated carbocycles. The molecule has 1 aliphatic rings. The van der Waals surface area contributed by atoms with Crippen LogP contribution in [0.5, 0.6) is 0 Å². The number of piperazine rings is 1. The number of halogens is 3. The Kier molecular flexibility index (Phi) is 6.61. The van der Waals surface area contributed by atoms with Crippen molar-refractivity contribution in [1.29, 1.82) is 0 Å². The summed E-state index contributed by atoms with van der Waals surface area (Å²) in [5, 5.41) is 11.2. The third-order valence-electron chi connectivity index (χ3n) is 4.88. The van der Waals surface area contributed by atoms with Gasteiger partial charge in [0.05, 0.1) is 5.56 Å². The molecule has 0 bridgehead atoms. The highest BCUT2D eigenvalue weighted by Crippen LogP contribution is 2.17. The van der Waals surface area contributed by atoms with Gasteiger partial charge in [0.15, 0.2) is 0 Å². The summed E-state index contributed by atoms with van der Waals surface area (Å²) in [4.78, 5) is 15.7. The molecule has 150 valence electrons. The monoisotopic (exact) mass is 409 g/mol. The fourth-order valence-electron chi connectivity index (χ4n) is 3.33. The summed E-state index contributed by atoms with van der Waals surface area (Å²) in [6, 6.07) is 9.58. The van der Waals surface area contributed by atoms with Gasteiger partial charge in [0, 0.05) is 37.2 Å². The number of hydrogen-bond acceptors (Lipinski definition) is 4. The van der Waals surface area contributed by atoms with Crippen molar-refractivity contribution in [2.24, 2.45) is 5.73 Å². The van der Waals surface area contributed by atoms with E-state index in [1.54, 1.807) is 17.0 Å². The predicted molar refractivity (Wildman–Crippen MR) is 103 cm³/mol. The second-order valence-corrected chi connectivity index (χ2v) is 7.30. The Bertz CT molecular complexity index is 844. The molecule has 1 amide bonds. The van der Waals surface area contributed by atoms with Crippen LogP contribution in [0, 0.1) is 11.6 Å². The molecule has 28 heavy (non-hydrogen) atoms. The molecule has 2 aromatic carbocycles. The van der Waals surface area contributed by atoms with Gasteiger partial charge in [-0.1, -0.05) is 23.7 Å². The van der Waals surface area contributed by atoms with Crippen LogP contribution in [0.25, 0.3) is 0 Å². The number of aliphatic hydroxyl groups excluding tert-OH is 1. The Labute approximate surface area is 167 Å². The maximum absolute atomic E-state index is 13.8. The fourth-order valence-corrected chi connectivity index (χ4v) is 3.55. The molecular weight excluding hydrogens is 388 g/mol. The van der Waals surface area contributed by atoms with E-state index in [9.17, 15) is 18.7 Å². The average molecular weight is 410 g/mol. The van der Waals surface area contributed by atoms with Crippen LogP contribution in [-0.4, -0.2) is 59.3 Å². The van der Waals surface area contributed by atoms with Gasteiger partial charge in [-0.05, 0) is 42.3 Å². The summed E-state index contributed by atoms with van der Waals surface area (Å²) < 4.78 is 27.2. The summed E-state index contributed by atoms with van der Waals surface area (Å²) in [7, 11) is 0. The fraction of sp³-hybridized carbons (Fsp3) is 0.350. The summed E-state index contributed by atoms with van der Waals surface area (Å²) in [6.45, 7) is 1.34. The molecular formula is C20H22ClF2N3O2. The van der Waals surface area contributed by atoms with Gasteiger partial charge >= 0.3 is 0 Å². The normalized spacial score (nSPS) is 17.4. The Morgan fingerprint density at radius 3 is 2.54 bits per heavy atom. The first-order valence-corrected chi connectivity index (χ1v) is 9.39. The van der Waals surface area contributed by atoms with E-state index in [1.807, 2.05) is 12.1 Å². The Hall–Kier alpha value is -2.06. The number of amides is 1. The van der Waals surface area contributed by atoms with E-state index in [2.05, 4.69) is 0 Å². The summed E-state index contributed by atoms with van der Waals surface area (Å²) in [5.41, 5.74) is 6.79. The highest BCUT2D eigenvalue weighted by Gasteiger charge is 2.29. The summed E-state index contributed by atoms with van der Waals surface area (Å²) >= 11 is 5.97. The smallest absolute Gasteiger partial charge is 0.257 e. The predicted octanol–water partition coefficient (Wildman–Crippen LogP) is 2.26. The van der Waals surface area contributed by atoms with Crippen LogP contribution in [-0.2, 0) is 6.42 Å². The molecule has 3 N–H and O–H groups in total. The Morgan fingerprint density at radius 1 is 1.14 bits per heavy atom. The standard InChI is InChI=1S/C20H22ClF2N3O2/c21-14-3-1-2-13(10-14)11-18(24)20(28)26-8-6-25(7-9-26)19(27)16-12-15(22)4-5-17(16)23/h1-5,10,12,18,20,28H,6-9,11,24H2/t18-,20?/m0/s1. The minimum atomic E-state index is -0.887. The molecule has 0 spiro atoms. The van der Waals surface area contributed by atoms with Crippen LogP contribution in [0.15, 0.2) is 42.5 Å². The van der Waals surface area contributed by atoms with Gasteiger partial charge in [-0.2, -0.15) is 0 Å². The van der Waals surface area contributed by atoms with Crippen LogP contribution in [0.4, 0.5) is 8.78 Å². The minimum Gasteiger partial charge on any atom is -0.377 e. The molecule has 0 aliphatic carbocycles. The molecule has 0 aromatic heterocycles. The number of carbonyl (C=O) groups excluding carboxylic acids is 1. The zero-order valence-electron chi connectivity index (χ0n) is 15.2. The van der Waals surface area contributed by atoms with E-state index in [0.717, 1.165) is 23.8 Å². The second kappa shape index (κ2) is 8.96. The number of hydrogen-bond donors (Lipinski definition) is 2. The van der Waals surface area contributed by atoms with E-state index in [-0.39, 0.29) is 18.7 Å². The van der Waals surface area contributed by atoms with Crippen LogP contribution in [0.2, 0.25) is 5.02 Å². The molecule has 2 aromatic rings. The van der Waals surface area contributed by atoms with Gasteiger partial charge in [0.25, 0.3) is 5.91 Å². The second-order valence-electron chi connectivity index (χ2n) is 6.86. The SMILES string of the molecule is N[C@@H](Cc1cccc(Cl)c1)C(O)N1CCN(C(=O)c2cc(F)ccc2F)CC1. The van der Waals surface area contributed by atoms with Gasteiger partial charge in [-0.25, -0.2) is 8.78 Å². The van der Waals surface area contributed by atoms with E-state index < -0.39 is 29.8 Å². The first-order valence-electron chi connectivity index (χ1n) is 9.01. The lowest BCUT2D eigenvalue weighted by Crippen LogP contribution is -2.57. The van der Waals surface area contributed by atoms with E-state index in [1.165, 1.54) is 4.90 Å². The number of nitrogens with zero attached hydrogens (tertiary/aromatic N) is 2. The molecule has 1 heterocycles. The van der Waals surface area contributed by atoms with Gasteiger partial charge in [-0.15, -0.1) is 0 Å². The topological polar surface area (TPSA) is 69.8 Å². The van der Waals surface area contributed by atoms with Crippen molar-refractivity contribution in [3.63, 3.8) is 0 Å². The highest BCUT2D eigenvalue weighted by atomic mass is 35.5. The number of rotatable bonds is 5. The van der Waals surface area contributed by atoms with Crippen molar-refractivity contribution < 1.29 is 18.7 Å². The zero-order valence-corrected chi connectivity index (χ0v) is 15.9. The van der Waals surface area contributed by atoms with Crippen LogP contribution in [0.1, 0.15) is 15.9 Å². The number of aliphatic hydroxyl groups is 1. The van der Waals surface area contributed by atoms with Crippen LogP contribution >= 0.6 is 11.6 Å². The van der Waals surface area contributed by atoms with E-state index in [4.69, 9.17) is 17.3 Å². The van der Waals surface area contributed by atoms with Gasteiger partial charge < -0.3 is 15.7 Å². The van der Waals surface area contributed by atoms with Gasteiger partial charge in [0.2, 0.25) is 0 Å². The van der Waals surface area contributed by atoms with Gasteiger partial charge in [-0.3, -0.25) is 9.69 Å². The van der Waals surface area contributed by atoms with Gasteiger partial charge in [0.1, 0.15) is 17.9 Å². The van der Waals surface area contributed by atoms with Crippen molar-refractivity contribution in [3.8, 4) is 0 Å². The molecule has 8 heteroatoms. The first kappa shape index (κ1) is 20.7. The molecule has 1 saturated heterocycles. The summed E-state index contributed by atoms with van der Waals surface area (Å²) in [5.74, 6) is -1.97. The van der Waals surface area contributed by atoms with Crippen molar-refractivity contribution in [2.75, 3.05) is 26.2 Å². The van der Waals surface area contributed by atoms with E-state index in [0.29, 0.717) is 24.5 Å². The molecule has 3 rings (SSSR count). The largest absolute Gasteiger partial charge is 0.377 e. The molecule has 5 nitrogen and oxygen atoms in total. The zero-order chi connectivity index (χ0) is 20.3. The first-order chi connectivity index (χ1) is 13.3. The van der Waals surface area contributed by atoms with Crippen molar-refractivity contribution in [2.45, 2.75) is 18.7 Å². The molecule has 1 aliphatic heterocycles. The van der Waals surface area contributed by atoms with Crippen LogP contribution in [0.3, 0.4) is 0 Å². The van der Waals surface area contributed by atoms with Crippen LogP contribution < -0.4 is 5.73 Å². The quantitative estimate of drug-likeness (QED) is 0.794. The molecule has 2 atom stereocenters. The third kappa shape index (κ3) is 4.86. The lowest BCUT2D eigenvalue weighted by molar-refractivity contribution is -0.0367. The Balaban J connectivity index is 1.57.